The van der Waals surface area contributed by atoms with Crippen molar-refractivity contribution < 1.29 is 34.9 Å². The Morgan fingerprint density at radius 1 is 0.467 bits per heavy atom. The minimum atomic E-state index is -0.161. The Balaban J connectivity index is 0.000000189. The molecule has 45 heavy (non-hydrogen) atoms. The van der Waals surface area contributed by atoms with E-state index in [1.807, 2.05) is 0 Å². The van der Waals surface area contributed by atoms with E-state index in [2.05, 4.69) is 36.4 Å². The second-order valence-corrected chi connectivity index (χ2v) is 20.4. The Labute approximate surface area is 292 Å². The first-order valence-corrected chi connectivity index (χ1v) is 23.9. The number of hydrogen-bond donors (Lipinski definition) is 0. The van der Waals surface area contributed by atoms with E-state index in [9.17, 15) is 0 Å². The third kappa shape index (κ3) is 9.90. The summed E-state index contributed by atoms with van der Waals surface area (Å²) in [4.78, 5) is 0. The maximum atomic E-state index is 5.72. The van der Waals surface area contributed by atoms with Crippen molar-refractivity contribution in [1.82, 2.24) is 0 Å². The summed E-state index contributed by atoms with van der Waals surface area (Å²) in [5, 5.41) is 2.83. The molecule has 0 unspecified atom stereocenters. The predicted octanol–water partition coefficient (Wildman–Crippen LogP) is 10.8. The van der Waals surface area contributed by atoms with E-state index < -0.39 is 0 Å². The van der Waals surface area contributed by atoms with Crippen molar-refractivity contribution in [2.24, 2.45) is 0 Å². The molecule has 0 amide bonds. The zero-order chi connectivity index (χ0) is 32.0. The molecule has 0 saturated heterocycles. The average molecular weight is 790 g/mol. The first-order valence-electron chi connectivity index (χ1n) is 16.9. The van der Waals surface area contributed by atoms with E-state index in [-0.39, 0.29) is 31.8 Å². The minimum absolute atomic E-state index is 0.106. The van der Waals surface area contributed by atoms with Gasteiger partial charge in [0, 0.05) is 0 Å². The van der Waals surface area contributed by atoms with Gasteiger partial charge in [0.15, 0.2) is 0 Å². The Morgan fingerprint density at radius 2 is 0.667 bits per heavy atom. The predicted molar refractivity (Wildman–Crippen MR) is 193 cm³/mol. The van der Waals surface area contributed by atoms with Gasteiger partial charge in [-0.2, -0.15) is 0 Å². The van der Waals surface area contributed by atoms with E-state index in [1.54, 1.807) is 28.4 Å². The summed E-state index contributed by atoms with van der Waals surface area (Å²) in [5.74, 6) is 4.22. The molecule has 0 aliphatic heterocycles. The van der Waals surface area contributed by atoms with Gasteiger partial charge in [-0.1, -0.05) is 79.3 Å². The van der Waals surface area contributed by atoms with Gasteiger partial charge in [0.25, 0.3) is 0 Å². The van der Waals surface area contributed by atoms with Gasteiger partial charge in [-0.3, -0.25) is 0 Å². The summed E-state index contributed by atoms with van der Waals surface area (Å²) in [6.45, 7) is 0. The summed E-state index contributed by atoms with van der Waals surface area (Å²) in [6.07, 6.45) is 22.5. The van der Waals surface area contributed by atoms with Crippen LogP contribution in [0.5, 0.6) is 23.0 Å². The van der Waals surface area contributed by atoms with Gasteiger partial charge in [-0.25, -0.2) is 0 Å². The molecule has 9 heteroatoms. The van der Waals surface area contributed by atoms with Crippen molar-refractivity contribution in [3.8, 4) is 23.0 Å². The third-order valence-electron chi connectivity index (χ3n) is 10.2. The molecule has 0 spiro atoms. The molecule has 0 heterocycles. The summed E-state index contributed by atoms with van der Waals surface area (Å²) < 4.78 is 22.9. The van der Waals surface area contributed by atoms with Crippen molar-refractivity contribution in [3.05, 3.63) is 36.4 Å². The quantitative estimate of drug-likeness (QED) is 0.177. The number of benzene rings is 2. The molecule has 6 rings (SSSR count). The van der Waals surface area contributed by atoms with Crippen molar-refractivity contribution >= 4 is 45.5 Å². The molecule has 4 saturated carbocycles. The number of halogens is 2. The van der Waals surface area contributed by atoms with Crippen LogP contribution < -0.4 is 29.6 Å². The van der Waals surface area contributed by atoms with E-state index >= 15 is 0 Å². The van der Waals surface area contributed by atoms with E-state index in [0.717, 1.165) is 45.6 Å². The van der Waals surface area contributed by atoms with Crippen LogP contribution in [0.25, 0.3) is 0 Å². The van der Waals surface area contributed by atoms with Crippen molar-refractivity contribution in [1.29, 1.82) is 0 Å². The zero-order valence-electron chi connectivity index (χ0n) is 27.7. The zero-order valence-corrected chi connectivity index (χ0v) is 32.5. The summed E-state index contributed by atoms with van der Waals surface area (Å²) >= 11 is -0.106. The molecule has 4 aliphatic carbocycles. The Bertz CT molecular complexity index is 970. The molecule has 0 N–H and O–H groups in total. The van der Waals surface area contributed by atoms with Gasteiger partial charge < -0.3 is 18.9 Å². The Morgan fingerprint density at radius 3 is 0.844 bits per heavy atom. The summed E-state index contributed by atoms with van der Waals surface area (Å²) in [5.41, 5.74) is 3.53. The van der Waals surface area contributed by atoms with Crippen molar-refractivity contribution in [2.45, 2.75) is 125 Å². The standard InChI is InChI=1S/2C18H27O2P.2ClH.Pd/c2*1-19-16-12-7-13-17(20-2)18(16)21(14-8-3-4-9-14)15-10-5-6-11-15;;;/h2*7,12-15H,3-6,8-11H2,1-2H3;2*1H;/q;;;;+2/p-2. The monoisotopic (exact) mass is 788 g/mol. The normalized spacial score (nSPS) is 19.5. The second kappa shape index (κ2) is 20.3. The summed E-state index contributed by atoms with van der Waals surface area (Å²) in [7, 11) is 16.5. The number of rotatable bonds is 10. The van der Waals surface area contributed by atoms with Crippen LogP contribution in [0.1, 0.15) is 103 Å². The third-order valence-corrected chi connectivity index (χ3v) is 17.3. The van der Waals surface area contributed by atoms with Gasteiger partial charge in [0.2, 0.25) is 0 Å². The fourth-order valence-electron chi connectivity index (χ4n) is 8.23. The maximum absolute atomic E-state index is 5.72. The summed E-state index contributed by atoms with van der Waals surface area (Å²) in [6, 6.07) is 12.6. The number of ether oxygens (including phenoxy) is 4. The van der Waals surface area contributed by atoms with Crippen molar-refractivity contribution in [2.75, 3.05) is 28.4 Å². The van der Waals surface area contributed by atoms with Gasteiger partial charge >= 0.3 is 35.0 Å². The Kier molecular flexibility index (Phi) is 16.9. The second-order valence-electron chi connectivity index (χ2n) is 12.6. The first kappa shape index (κ1) is 37.6. The molecule has 0 radical (unpaired) electrons. The van der Waals surface area contributed by atoms with Crippen LogP contribution in [-0.2, 0) is 15.9 Å². The number of hydrogen-bond acceptors (Lipinski definition) is 4. The first-order chi connectivity index (χ1) is 22.1. The van der Waals surface area contributed by atoms with Gasteiger partial charge in [0.05, 0.1) is 39.0 Å². The molecule has 0 aromatic heterocycles. The van der Waals surface area contributed by atoms with Crippen molar-refractivity contribution in [3.63, 3.8) is 0 Å². The van der Waals surface area contributed by atoms with E-state index in [4.69, 9.17) is 38.0 Å². The van der Waals surface area contributed by atoms with Gasteiger partial charge in [-0.15, -0.1) is 0 Å². The van der Waals surface area contributed by atoms with Crippen LogP contribution in [0.3, 0.4) is 0 Å². The van der Waals surface area contributed by atoms with Crippen LogP contribution >= 0.6 is 34.9 Å². The fourth-order valence-corrected chi connectivity index (χ4v) is 16.2. The van der Waals surface area contributed by atoms with Gasteiger partial charge in [-0.05, 0) is 98.3 Å². The fraction of sp³-hybridized carbons (Fsp3) is 0.667. The van der Waals surface area contributed by atoms with Gasteiger partial charge in [0.1, 0.15) is 23.0 Å². The topological polar surface area (TPSA) is 36.9 Å². The molecular formula is C36H54Cl2O4P2Pd. The van der Waals surface area contributed by atoms with E-state index in [1.165, 1.54) is 113 Å². The molecule has 256 valence electrons. The molecule has 0 atom stereocenters. The molecular weight excluding hydrogens is 736 g/mol. The van der Waals surface area contributed by atoms with E-state index in [0.29, 0.717) is 0 Å². The van der Waals surface area contributed by atoms with Crippen LogP contribution in [0, 0.1) is 0 Å². The molecule has 0 bridgehead atoms. The molecule has 2 aromatic rings. The molecule has 2 aromatic carbocycles. The van der Waals surface area contributed by atoms with Crippen LogP contribution in [0.2, 0.25) is 0 Å². The average Bonchev–Trinajstić information content (AvgIpc) is 3.92. The van der Waals surface area contributed by atoms with Crippen LogP contribution in [0.15, 0.2) is 36.4 Å². The SMILES string of the molecule is COc1cccc(OC)c1P(C1CCCC1)C1CCCC1.COc1cccc(OC)c1P(C1CCCC1)C1CCCC1.[Cl][Pd][Cl]. The van der Waals surface area contributed by atoms with Crippen LogP contribution in [-0.4, -0.2) is 51.1 Å². The molecule has 4 fully saturated rings. The molecule has 4 aliphatic rings. The molecule has 4 nitrogen and oxygen atoms in total. The Hall–Kier alpha value is -0.258. The number of methoxy groups -OCH3 is 4. The van der Waals surface area contributed by atoms with Crippen LogP contribution in [0.4, 0.5) is 0 Å².